The van der Waals surface area contributed by atoms with E-state index in [0.717, 1.165) is 97.8 Å². The molecule has 0 aromatic heterocycles. The van der Waals surface area contributed by atoms with Gasteiger partial charge < -0.3 is 52.1 Å². The number of carbonyl (C=O) groups is 1. The molecular formula is C51H104O12. The van der Waals surface area contributed by atoms with Crippen molar-refractivity contribution in [3.05, 3.63) is 35.9 Å². The lowest BCUT2D eigenvalue weighted by Crippen LogP contribution is -2.38. The zero-order valence-corrected chi connectivity index (χ0v) is 44.0. The van der Waals surface area contributed by atoms with Crippen LogP contribution in [-0.4, -0.2) is 118 Å². The molecule has 0 N–H and O–H groups in total. The van der Waals surface area contributed by atoms with Crippen LogP contribution in [0.2, 0.25) is 0 Å². The molecule has 1 aliphatic rings. The van der Waals surface area contributed by atoms with Gasteiger partial charge in [-0.3, -0.25) is 4.79 Å². The number of ether oxygens (including phenoxy) is 11. The largest absolute Gasteiger partial charge is 0.469 e. The van der Waals surface area contributed by atoms with Gasteiger partial charge >= 0.3 is 5.97 Å². The summed E-state index contributed by atoms with van der Waals surface area (Å²) in [6.07, 6.45) is 13.8. The first kappa shape index (κ1) is 70.3. The number of methoxy groups -OCH3 is 3. The van der Waals surface area contributed by atoms with Gasteiger partial charge in [0.25, 0.3) is 5.97 Å². The Hall–Kier alpha value is -1.71. The van der Waals surface area contributed by atoms with Gasteiger partial charge in [-0.15, -0.1) is 0 Å². The molecule has 1 aromatic rings. The molecule has 12 heteroatoms. The third kappa shape index (κ3) is 52.8. The lowest BCUT2D eigenvalue weighted by molar-refractivity contribution is -0.377. The number of unbranched alkanes of at least 4 members (excludes halogenated alkanes) is 2. The van der Waals surface area contributed by atoms with Crippen LogP contribution in [-0.2, 0) is 63.5 Å². The van der Waals surface area contributed by atoms with Gasteiger partial charge in [0.15, 0.2) is 5.79 Å². The number of carbonyl (C=O) groups excluding carboxylic acids is 1. The van der Waals surface area contributed by atoms with Gasteiger partial charge in [-0.05, 0) is 84.6 Å². The standard InChI is InChI=1S/C10H14O.C9H20O3.C7H14O2.C7H16O.C6H14O2.C6H12O2.C6H14O/c1-2-8-11-9-10-6-4-3-5-7-10;1-5-9(10-6-2,11-7-3)12-8-4;1-3-7(4-2)8-5-6-9-7;1-3-5-7-8-6-4-2;1-3-4-8-6-5-7-2;1-3-4-5-6(7)8-2;1-4-5-6(2)7-3/h3-7H,2,8-9H2,1H3;5-8H2,1-4H3;3-6H2,1-2H3;3-7H2,1-2H3;3-6H2,1-2H3;3-5H2,1-2H3;6H,4-5H2,1-3H3. The van der Waals surface area contributed by atoms with Crippen LogP contribution in [0.3, 0.4) is 0 Å². The van der Waals surface area contributed by atoms with Crippen molar-refractivity contribution in [2.24, 2.45) is 0 Å². The first-order valence-corrected chi connectivity index (χ1v) is 24.5. The number of hydrogen-bond acceptors (Lipinski definition) is 12. The Morgan fingerprint density at radius 2 is 1.11 bits per heavy atom. The minimum absolute atomic E-state index is 0.105. The summed E-state index contributed by atoms with van der Waals surface area (Å²) in [6, 6.07) is 10.2. The van der Waals surface area contributed by atoms with Crippen molar-refractivity contribution in [2.45, 2.75) is 198 Å². The quantitative estimate of drug-likeness (QED) is 0.0432. The van der Waals surface area contributed by atoms with E-state index in [0.29, 0.717) is 45.4 Å². The lowest BCUT2D eigenvalue weighted by atomic mass is 10.1. The Bertz CT molecular complexity index is 900. The van der Waals surface area contributed by atoms with Crippen molar-refractivity contribution >= 4 is 5.97 Å². The van der Waals surface area contributed by atoms with Crippen molar-refractivity contribution in [2.75, 3.05) is 94.0 Å². The van der Waals surface area contributed by atoms with Crippen molar-refractivity contribution in [3.63, 3.8) is 0 Å². The minimum atomic E-state index is -0.807. The molecule has 380 valence electrons. The molecule has 0 radical (unpaired) electrons. The fraction of sp³-hybridized carbons (Fsp3) is 0.863. The predicted octanol–water partition coefficient (Wildman–Crippen LogP) is 12.8. The van der Waals surface area contributed by atoms with E-state index in [-0.39, 0.29) is 11.8 Å². The Morgan fingerprint density at radius 1 is 0.619 bits per heavy atom. The first-order valence-electron chi connectivity index (χ1n) is 24.5. The van der Waals surface area contributed by atoms with E-state index in [1.807, 2.05) is 52.8 Å². The van der Waals surface area contributed by atoms with Gasteiger partial charge in [-0.2, -0.15) is 0 Å². The average Bonchev–Trinajstić information content (AvgIpc) is 3.80. The highest BCUT2D eigenvalue weighted by molar-refractivity contribution is 5.68. The number of hydrogen-bond donors (Lipinski definition) is 0. The van der Waals surface area contributed by atoms with Crippen molar-refractivity contribution in [1.29, 1.82) is 0 Å². The molecule has 0 spiro atoms. The Kier molecular flexibility index (Phi) is 65.1. The predicted molar refractivity (Wildman–Crippen MR) is 261 cm³/mol. The fourth-order valence-corrected chi connectivity index (χ4v) is 4.98. The monoisotopic (exact) mass is 909 g/mol. The molecule has 0 aliphatic carbocycles. The molecule has 0 bridgehead atoms. The van der Waals surface area contributed by atoms with E-state index >= 15 is 0 Å². The van der Waals surface area contributed by atoms with Crippen LogP contribution in [0.1, 0.15) is 179 Å². The van der Waals surface area contributed by atoms with E-state index < -0.39 is 5.97 Å². The van der Waals surface area contributed by atoms with Crippen LogP contribution < -0.4 is 0 Å². The van der Waals surface area contributed by atoms with Gasteiger partial charge in [0.1, 0.15) is 0 Å². The lowest BCUT2D eigenvalue weighted by Gasteiger charge is -2.31. The smallest absolute Gasteiger partial charge is 0.305 e. The molecule has 1 aliphatic heterocycles. The third-order valence-electron chi connectivity index (χ3n) is 8.71. The fourth-order valence-electron chi connectivity index (χ4n) is 4.98. The van der Waals surface area contributed by atoms with E-state index in [1.54, 1.807) is 14.2 Å². The van der Waals surface area contributed by atoms with Crippen LogP contribution >= 0.6 is 0 Å². The average molecular weight is 909 g/mol. The summed E-state index contributed by atoms with van der Waals surface area (Å²) in [5, 5.41) is 0. The van der Waals surface area contributed by atoms with E-state index in [4.69, 9.17) is 47.4 Å². The molecule has 1 atom stereocenters. The normalized spacial score (nSPS) is 12.7. The van der Waals surface area contributed by atoms with E-state index in [2.05, 4.69) is 72.3 Å². The zero-order valence-electron chi connectivity index (χ0n) is 44.0. The third-order valence-corrected chi connectivity index (χ3v) is 8.71. The van der Waals surface area contributed by atoms with Crippen LogP contribution in [0.15, 0.2) is 30.3 Å². The van der Waals surface area contributed by atoms with Gasteiger partial charge in [-0.1, -0.05) is 112 Å². The Morgan fingerprint density at radius 3 is 1.46 bits per heavy atom. The topological polar surface area (TPSA) is 119 Å². The summed E-state index contributed by atoms with van der Waals surface area (Å²) < 4.78 is 56.9. The maximum absolute atomic E-state index is 10.3. The summed E-state index contributed by atoms with van der Waals surface area (Å²) in [4.78, 5) is 10.3. The van der Waals surface area contributed by atoms with Crippen LogP contribution in [0.4, 0.5) is 0 Å². The minimum Gasteiger partial charge on any atom is -0.469 e. The van der Waals surface area contributed by atoms with Crippen LogP contribution in [0, 0.1) is 0 Å². The van der Waals surface area contributed by atoms with E-state index in [9.17, 15) is 4.79 Å². The second kappa shape index (κ2) is 58.3. The molecule has 63 heavy (non-hydrogen) atoms. The van der Waals surface area contributed by atoms with E-state index in [1.165, 1.54) is 38.4 Å². The number of esters is 1. The molecule has 1 saturated heterocycles. The molecule has 1 fully saturated rings. The molecule has 1 heterocycles. The second-order valence-electron chi connectivity index (χ2n) is 14.3. The maximum atomic E-state index is 10.3. The summed E-state index contributed by atoms with van der Waals surface area (Å²) in [7, 11) is 4.84. The number of benzene rings is 1. The molecule has 1 aromatic carbocycles. The second-order valence-corrected chi connectivity index (χ2v) is 14.3. The van der Waals surface area contributed by atoms with Crippen molar-refractivity contribution in [3.8, 4) is 0 Å². The SMILES string of the molecule is CCC1(CC)OCCO1.CCCC(C)OC.CCCCC(=O)OC.CCCCOCCC.CCCOCCOC.CCCOCc1ccccc1.CCOC(CC)(OCC)OCC. The van der Waals surface area contributed by atoms with Gasteiger partial charge in [0.2, 0.25) is 0 Å². The maximum Gasteiger partial charge on any atom is 0.305 e. The Labute approximate surface area is 389 Å². The summed E-state index contributed by atoms with van der Waals surface area (Å²) in [5.41, 5.74) is 1.25. The van der Waals surface area contributed by atoms with Gasteiger partial charge in [-0.25, -0.2) is 0 Å². The molecule has 0 saturated carbocycles. The molecule has 12 nitrogen and oxygen atoms in total. The van der Waals surface area contributed by atoms with Gasteiger partial charge in [0.05, 0.1) is 46.2 Å². The van der Waals surface area contributed by atoms with Gasteiger partial charge in [0, 0.05) is 73.3 Å². The highest BCUT2D eigenvalue weighted by atomic mass is 16.9. The molecule has 0 amide bonds. The van der Waals surface area contributed by atoms with Crippen molar-refractivity contribution in [1.82, 2.24) is 0 Å². The molecule has 1 unspecified atom stereocenters. The zero-order chi connectivity index (χ0) is 48.7. The summed E-state index contributed by atoms with van der Waals surface area (Å²) >= 11 is 0. The highest BCUT2D eigenvalue weighted by Crippen LogP contribution is 2.26. The van der Waals surface area contributed by atoms with Crippen molar-refractivity contribution < 1.29 is 56.9 Å². The Balaban J connectivity index is -0.000000209. The molecular weight excluding hydrogens is 805 g/mol. The summed E-state index contributed by atoms with van der Waals surface area (Å²) in [5.74, 6) is -1.13. The number of rotatable bonds is 29. The first-order chi connectivity index (χ1) is 30.4. The van der Waals surface area contributed by atoms with Crippen LogP contribution in [0.5, 0.6) is 0 Å². The highest BCUT2D eigenvalue weighted by Gasteiger charge is 2.32. The van der Waals surface area contributed by atoms with Crippen LogP contribution in [0.25, 0.3) is 0 Å². The summed E-state index contributed by atoms with van der Waals surface area (Å²) in [6.45, 7) is 35.9. The molecule has 2 rings (SSSR count).